The van der Waals surface area contributed by atoms with Crippen LogP contribution < -0.4 is 10.2 Å². The van der Waals surface area contributed by atoms with Gasteiger partial charge in [0.05, 0.1) is 12.6 Å². The molecule has 94 valence electrons. The lowest BCUT2D eigenvalue weighted by Gasteiger charge is -2.25. The highest BCUT2D eigenvalue weighted by atomic mass is 19.1. The van der Waals surface area contributed by atoms with Gasteiger partial charge in [-0.2, -0.15) is 0 Å². The third-order valence-electron chi connectivity index (χ3n) is 3.24. The van der Waals surface area contributed by atoms with Crippen molar-refractivity contribution in [3.8, 4) is 0 Å². The fourth-order valence-electron chi connectivity index (χ4n) is 2.47. The monoisotopic (exact) mass is 238 g/mol. The van der Waals surface area contributed by atoms with Crippen LogP contribution in [0.5, 0.6) is 0 Å². The van der Waals surface area contributed by atoms with Crippen LogP contribution in [0.15, 0.2) is 18.2 Å². The Hall–Kier alpha value is -1.13. The molecule has 1 heterocycles. The van der Waals surface area contributed by atoms with E-state index in [0.29, 0.717) is 6.54 Å². The van der Waals surface area contributed by atoms with Crippen LogP contribution in [0, 0.1) is 5.82 Å². The van der Waals surface area contributed by atoms with E-state index in [0.717, 1.165) is 30.6 Å². The van der Waals surface area contributed by atoms with Gasteiger partial charge in [-0.3, -0.25) is 0 Å². The van der Waals surface area contributed by atoms with Gasteiger partial charge in [-0.05, 0) is 43.7 Å². The summed E-state index contributed by atoms with van der Waals surface area (Å²) in [7, 11) is 1.84. The van der Waals surface area contributed by atoms with E-state index in [1.54, 1.807) is 12.1 Å². The molecule has 1 fully saturated rings. The second-order valence-electron chi connectivity index (χ2n) is 4.52. The van der Waals surface area contributed by atoms with Crippen molar-refractivity contribution in [3.05, 3.63) is 29.6 Å². The second-order valence-corrected chi connectivity index (χ2v) is 4.52. The van der Waals surface area contributed by atoms with Gasteiger partial charge in [-0.15, -0.1) is 0 Å². The van der Waals surface area contributed by atoms with E-state index in [1.165, 1.54) is 0 Å². The van der Waals surface area contributed by atoms with Crippen molar-refractivity contribution >= 4 is 5.69 Å². The van der Waals surface area contributed by atoms with Crippen LogP contribution in [-0.2, 0) is 6.54 Å². The first kappa shape index (κ1) is 12.3. The highest BCUT2D eigenvalue weighted by Crippen LogP contribution is 2.27. The van der Waals surface area contributed by atoms with E-state index in [4.69, 9.17) is 0 Å². The molecule has 4 heteroatoms. The van der Waals surface area contributed by atoms with Gasteiger partial charge >= 0.3 is 0 Å². The molecule has 0 aliphatic carbocycles. The topological polar surface area (TPSA) is 35.5 Å². The van der Waals surface area contributed by atoms with Crippen LogP contribution in [0.3, 0.4) is 0 Å². The fourth-order valence-corrected chi connectivity index (χ4v) is 2.47. The Morgan fingerprint density at radius 2 is 2.29 bits per heavy atom. The van der Waals surface area contributed by atoms with Crippen molar-refractivity contribution in [1.29, 1.82) is 0 Å². The lowest BCUT2D eigenvalue weighted by molar-refractivity contribution is 0.266. The van der Waals surface area contributed by atoms with Crippen molar-refractivity contribution in [2.24, 2.45) is 0 Å². The highest BCUT2D eigenvalue weighted by Gasteiger charge is 2.24. The lowest BCUT2D eigenvalue weighted by Crippen LogP contribution is -2.32. The Bertz CT molecular complexity index is 384. The molecule has 0 bridgehead atoms. The molecule has 1 unspecified atom stereocenters. The summed E-state index contributed by atoms with van der Waals surface area (Å²) in [5.74, 6) is -0.212. The predicted octanol–water partition coefficient (Wildman–Crippen LogP) is 1.51. The van der Waals surface area contributed by atoms with E-state index in [-0.39, 0.29) is 18.5 Å². The standard InChI is InChI=1S/C13H19FN2O/c1-15-8-10-5-11(14)7-13(6-10)16-4-2-3-12(16)9-17/h5-7,12,15,17H,2-4,8-9H2,1H3. The van der Waals surface area contributed by atoms with E-state index in [2.05, 4.69) is 10.2 Å². The molecule has 1 aromatic rings. The number of rotatable bonds is 4. The number of halogens is 1. The van der Waals surface area contributed by atoms with Crippen LogP contribution in [0.2, 0.25) is 0 Å². The van der Waals surface area contributed by atoms with Gasteiger partial charge in [0.1, 0.15) is 5.82 Å². The third-order valence-corrected chi connectivity index (χ3v) is 3.24. The van der Waals surface area contributed by atoms with Gasteiger partial charge in [-0.1, -0.05) is 0 Å². The molecule has 0 radical (unpaired) electrons. The number of aliphatic hydroxyl groups is 1. The zero-order valence-corrected chi connectivity index (χ0v) is 10.1. The van der Waals surface area contributed by atoms with Crippen molar-refractivity contribution in [1.82, 2.24) is 5.32 Å². The van der Waals surface area contributed by atoms with E-state index < -0.39 is 0 Å². The minimum atomic E-state index is -0.212. The number of anilines is 1. The Morgan fingerprint density at radius 1 is 1.47 bits per heavy atom. The molecule has 0 saturated carbocycles. The van der Waals surface area contributed by atoms with Crippen molar-refractivity contribution in [3.63, 3.8) is 0 Å². The molecule has 3 nitrogen and oxygen atoms in total. The molecule has 17 heavy (non-hydrogen) atoms. The number of nitrogens with zero attached hydrogens (tertiary/aromatic N) is 1. The van der Waals surface area contributed by atoms with Gasteiger partial charge in [-0.25, -0.2) is 4.39 Å². The van der Waals surface area contributed by atoms with Gasteiger partial charge in [0.25, 0.3) is 0 Å². The first-order valence-electron chi connectivity index (χ1n) is 6.06. The normalized spacial score (nSPS) is 19.9. The quantitative estimate of drug-likeness (QED) is 0.834. The number of hydrogen-bond acceptors (Lipinski definition) is 3. The molecule has 0 amide bonds. The van der Waals surface area contributed by atoms with Crippen molar-refractivity contribution in [2.75, 3.05) is 25.1 Å². The summed E-state index contributed by atoms with van der Waals surface area (Å²) in [5.41, 5.74) is 1.82. The molecule has 0 aromatic heterocycles. The molecule has 1 aromatic carbocycles. The summed E-state index contributed by atoms with van der Waals surface area (Å²) in [6.45, 7) is 1.69. The van der Waals surface area contributed by atoms with Crippen LogP contribution >= 0.6 is 0 Å². The first-order valence-corrected chi connectivity index (χ1v) is 6.06. The Labute approximate surface area is 101 Å². The van der Waals surface area contributed by atoms with Crippen molar-refractivity contribution in [2.45, 2.75) is 25.4 Å². The number of hydrogen-bond donors (Lipinski definition) is 2. The maximum Gasteiger partial charge on any atom is 0.125 e. The van der Waals surface area contributed by atoms with E-state index in [9.17, 15) is 9.50 Å². The minimum absolute atomic E-state index is 0.137. The van der Waals surface area contributed by atoms with Crippen LogP contribution in [0.1, 0.15) is 18.4 Å². The van der Waals surface area contributed by atoms with Gasteiger partial charge in [0, 0.05) is 18.8 Å². The molecule has 1 saturated heterocycles. The summed E-state index contributed by atoms with van der Waals surface area (Å²) in [5, 5.41) is 12.3. The predicted molar refractivity (Wildman–Crippen MR) is 66.6 cm³/mol. The highest BCUT2D eigenvalue weighted by molar-refractivity contribution is 5.51. The lowest BCUT2D eigenvalue weighted by atomic mass is 10.1. The average Bonchev–Trinajstić information content (AvgIpc) is 2.76. The zero-order chi connectivity index (χ0) is 12.3. The van der Waals surface area contributed by atoms with Crippen LogP contribution in [-0.4, -0.2) is 31.3 Å². The van der Waals surface area contributed by atoms with Gasteiger partial charge < -0.3 is 15.3 Å². The summed E-state index contributed by atoms with van der Waals surface area (Å²) < 4.78 is 13.5. The van der Waals surface area contributed by atoms with Gasteiger partial charge in [0.2, 0.25) is 0 Å². The molecular formula is C13H19FN2O. The van der Waals surface area contributed by atoms with Crippen LogP contribution in [0.4, 0.5) is 10.1 Å². The Balaban J connectivity index is 2.24. The largest absolute Gasteiger partial charge is 0.394 e. The third kappa shape index (κ3) is 2.76. The SMILES string of the molecule is CNCc1cc(F)cc(N2CCCC2CO)c1. The fraction of sp³-hybridized carbons (Fsp3) is 0.538. The first-order chi connectivity index (χ1) is 8.24. The summed E-state index contributed by atoms with van der Waals surface area (Å²) in [4.78, 5) is 2.10. The van der Waals surface area contributed by atoms with Crippen LogP contribution in [0.25, 0.3) is 0 Å². The molecular weight excluding hydrogens is 219 g/mol. The van der Waals surface area contributed by atoms with E-state index in [1.807, 2.05) is 13.1 Å². The number of benzene rings is 1. The molecule has 0 spiro atoms. The van der Waals surface area contributed by atoms with E-state index >= 15 is 0 Å². The van der Waals surface area contributed by atoms with Gasteiger partial charge in [0.15, 0.2) is 0 Å². The zero-order valence-electron chi connectivity index (χ0n) is 10.1. The number of aliphatic hydroxyl groups excluding tert-OH is 1. The molecule has 1 aliphatic heterocycles. The average molecular weight is 238 g/mol. The molecule has 1 aliphatic rings. The molecule has 2 rings (SSSR count). The Morgan fingerprint density at radius 3 is 3.00 bits per heavy atom. The maximum atomic E-state index is 13.5. The smallest absolute Gasteiger partial charge is 0.125 e. The van der Waals surface area contributed by atoms with Crippen molar-refractivity contribution < 1.29 is 9.50 Å². The maximum absolute atomic E-state index is 13.5. The molecule has 2 N–H and O–H groups in total. The second kappa shape index (κ2) is 5.47. The Kier molecular flexibility index (Phi) is 3.97. The summed E-state index contributed by atoms with van der Waals surface area (Å²) >= 11 is 0. The number of nitrogens with one attached hydrogen (secondary N) is 1. The summed E-state index contributed by atoms with van der Waals surface area (Å²) in [6.07, 6.45) is 2.04. The summed E-state index contributed by atoms with van der Waals surface area (Å²) in [6, 6.07) is 5.23. The minimum Gasteiger partial charge on any atom is -0.394 e. The molecule has 1 atom stereocenters.